The summed E-state index contributed by atoms with van der Waals surface area (Å²) in [5.41, 5.74) is 2.25. The third-order valence-corrected chi connectivity index (χ3v) is 6.75. The summed E-state index contributed by atoms with van der Waals surface area (Å²) in [5, 5.41) is 11.3. The van der Waals surface area contributed by atoms with Gasteiger partial charge in [-0.3, -0.25) is 9.59 Å². The van der Waals surface area contributed by atoms with Gasteiger partial charge in [-0.25, -0.2) is 4.98 Å². The molecule has 1 unspecified atom stereocenters. The lowest BCUT2D eigenvalue weighted by Crippen LogP contribution is -3.14. The van der Waals surface area contributed by atoms with Crippen molar-refractivity contribution in [2.75, 3.05) is 46.0 Å². The number of Topliss-reactive ketones (excluding diaryl/α,β-unsaturated/α-hetero) is 1. The maximum atomic E-state index is 13.2. The molecule has 1 aromatic heterocycles. The number of amides is 1. The number of aliphatic hydroxyl groups excluding tert-OH is 1. The van der Waals surface area contributed by atoms with Gasteiger partial charge in [0, 0.05) is 30.7 Å². The van der Waals surface area contributed by atoms with Crippen LogP contribution in [0.1, 0.15) is 43.0 Å². The monoisotopic (exact) mass is 495 g/mol. The number of pyridine rings is 1. The molecule has 2 aliphatic rings. The number of aryl methyl sites for hydroxylation is 1. The highest BCUT2D eigenvalue weighted by Gasteiger charge is 2.46. The van der Waals surface area contributed by atoms with Crippen LogP contribution in [0.3, 0.4) is 0 Å². The number of aromatic nitrogens is 1. The van der Waals surface area contributed by atoms with Crippen molar-refractivity contribution in [3.63, 3.8) is 0 Å². The Morgan fingerprint density at radius 1 is 1.19 bits per heavy atom. The van der Waals surface area contributed by atoms with Gasteiger partial charge in [-0.1, -0.05) is 13.8 Å². The van der Waals surface area contributed by atoms with E-state index in [-0.39, 0.29) is 11.3 Å². The molecule has 2 aromatic rings. The fourth-order valence-electron chi connectivity index (χ4n) is 4.82. The Labute approximate surface area is 212 Å². The topological polar surface area (TPSA) is 94.7 Å². The lowest BCUT2D eigenvalue weighted by Gasteiger charge is -2.27. The Morgan fingerprint density at radius 2 is 1.92 bits per heavy atom. The zero-order chi connectivity index (χ0) is 25.7. The van der Waals surface area contributed by atoms with Crippen LogP contribution in [0, 0.1) is 12.8 Å². The van der Waals surface area contributed by atoms with Gasteiger partial charge in [0.05, 0.1) is 38.0 Å². The zero-order valence-electron chi connectivity index (χ0n) is 21.4. The van der Waals surface area contributed by atoms with Gasteiger partial charge in [0.2, 0.25) is 0 Å². The molecule has 2 fully saturated rings. The van der Waals surface area contributed by atoms with Crippen molar-refractivity contribution >= 4 is 17.4 Å². The molecule has 0 saturated carbocycles. The second kappa shape index (κ2) is 11.7. The molecule has 3 N–H and O–H groups in total. The van der Waals surface area contributed by atoms with Crippen molar-refractivity contribution in [1.29, 1.82) is 0 Å². The summed E-state index contributed by atoms with van der Waals surface area (Å²) in [4.78, 5) is 32.5. The number of aliphatic hydroxyl groups is 1. The first-order valence-electron chi connectivity index (χ1n) is 12.8. The summed E-state index contributed by atoms with van der Waals surface area (Å²) >= 11 is 0. The van der Waals surface area contributed by atoms with E-state index in [0.717, 1.165) is 56.1 Å². The van der Waals surface area contributed by atoms with Crippen molar-refractivity contribution in [3.05, 3.63) is 65.0 Å². The lowest BCUT2D eigenvalue weighted by molar-refractivity contribution is -0.908. The maximum Gasteiger partial charge on any atom is 0.295 e. The van der Waals surface area contributed by atoms with E-state index in [0.29, 0.717) is 24.6 Å². The highest BCUT2D eigenvalue weighted by atomic mass is 16.5. The van der Waals surface area contributed by atoms with Crippen molar-refractivity contribution in [2.45, 2.75) is 33.2 Å². The molecule has 2 saturated heterocycles. The molecule has 0 spiro atoms. The van der Waals surface area contributed by atoms with Crippen molar-refractivity contribution in [2.24, 2.45) is 5.92 Å². The van der Waals surface area contributed by atoms with Crippen LogP contribution in [0.2, 0.25) is 0 Å². The quantitative estimate of drug-likeness (QED) is 0.313. The highest BCUT2D eigenvalue weighted by molar-refractivity contribution is 6.46. The number of nitrogens with zero attached hydrogens (tertiary/aromatic N) is 1. The number of hydrogen-bond acceptors (Lipinski definition) is 5. The SMILES string of the molecule is Cc1cc(C(O)=C2C(=O)C(=O)N(CCC[NH+]3CCOCC3)C2c2cc[nH+]cc2)ccc1OCC(C)C. The van der Waals surface area contributed by atoms with Crippen LogP contribution >= 0.6 is 0 Å². The molecule has 2 aliphatic heterocycles. The van der Waals surface area contributed by atoms with Gasteiger partial charge in [-0.05, 0) is 42.2 Å². The number of ether oxygens (including phenoxy) is 2. The number of hydrogen-bond donors (Lipinski definition) is 2. The van der Waals surface area contributed by atoms with E-state index in [1.807, 2.05) is 19.1 Å². The van der Waals surface area contributed by atoms with Gasteiger partial charge in [0.15, 0.2) is 12.4 Å². The Morgan fingerprint density at radius 3 is 2.58 bits per heavy atom. The fourth-order valence-corrected chi connectivity index (χ4v) is 4.82. The molecule has 0 bridgehead atoms. The van der Waals surface area contributed by atoms with Gasteiger partial charge in [0.1, 0.15) is 24.6 Å². The number of morpholine rings is 1. The third-order valence-electron chi connectivity index (χ3n) is 6.75. The molecule has 1 amide bonds. The van der Waals surface area contributed by atoms with Gasteiger partial charge in [0.25, 0.3) is 11.7 Å². The van der Waals surface area contributed by atoms with Crippen LogP contribution in [0.4, 0.5) is 0 Å². The van der Waals surface area contributed by atoms with Gasteiger partial charge >= 0.3 is 0 Å². The smallest absolute Gasteiger partial charge is 0.295 e. The molecular weight excluding hydrogens is 458 g/mol. The third kappa shape index (κ3) is 5.77. The van der Waals surface area contributed by atoms with Crippen LogP contribution in [-0.2, 0) is 14.3 Å². The van der Waals surface area contributed by atoms with Gasteiger partial charge < -0.3 is 24.4 Å². The summed E-state index contributed by atoms with van der Waals surface area (Å²) < 4.78 is 11.3. The molecule has 36 heavy (non-hydrogen) atoms. The van der Waals surface area contributed by atoms with E-state index in [2.05, 4.69) is 18.8 Å². The van der Waals surface area contributed by atoms with E-state index >= 15 is 0 Å². The maximum absolute atomic E-state index is 13.2. The standard InChI is InChI=1S/C28H35N3O5/c1-19(2)18-36-23-6-5-22(17-20(23)3)26(32)24-25(21-7-9-29-10-8-21)31(28(34)27(24)33)12-4-11-30-13-15-35-16-14-30/h5-10,17,19,25,32H,4,11-16,18H2,1-3H3/p+2. The Balaban J connectivity index is 1.63. The van der Waals surface area contributed by atoms with E-state index in [9.17, 15) is 14.7 Å². The van der Waals surface area contributed by atoms with Crippen LogP contribution < -0.4 is 14.6 Å². The zero-order valence-corrected chi connectivity index (χ0v) is 21.4. The molecule has 4 rings (SSSR count). The lowest BCUT2D eigenvalue weighted by atomic mass is 9.95. The van der Waals surface area contributed by atoms with Crippen molar-refractivity contribution < 1.29 is 34.1 Å². The normalized spacial score (nSPS) is 20.3. The van der Waals surface area contributed by atoms with E-state index in [1.165, 1.54) is 4.90 Å². The summed E-state index contributed by atoms with van der Waals surface area (Å²) in [6.07, 6.45) is 4.29. The molecule has 8 nitrogen and oxygen atoms in total. The summed E-state index contributed by atoms with van der Waals surface area (Å²) in [6.45, 7) is 11.4. The molecule has 1 aromatic carbocycles. The number of carbonyl (C=O) groups excluding carboxylic acids is 2. The van der Waals surface area contributed by atoms with Crippen LogP contribution in [0.25, 0.3) is 5.76 Å². The number of rotatable bonds is 9. The Kier molecular flexibility index (Phi) is 8.38. The summed E-state index contributed by atoms with van der Waals surface area (Å²) in [6, 6.07) is 8.40. The summed E-state index contributed by atoms with van der Waals surface area (Å²) in [7, 11) is 0. The average Bonchev–Trinajstić information content (AvgIpc) is 3.13. The number of aromatic amines is 1. The minimum atomic E-state index is -0.651. The first kappa shape index (κ1) is 25.9. The molecule has 8 heteroatoms. The van der Waals surface area contributed by atoms with Crippen LogP contribution in [-0.4, -0.2) is 67.7 Å². The second-order valence-corrected chi connectivity index (χ2v) is 9.98. The highest BCUT2D eigenvalue weighted by Crippen LogP contribution is 2.39. The first-order valence-corrected chi connectivity index (χ1v) is 12.8. The Bertz CT molecular complexity index is 1110. The number of likely N-dealkylation sites (tertiary alicyclic amines) is 1. The van der Waals surface area contributed by atoms with Crippen molar-refractivity contribution in [1.82, 2.24) is 4.90 Å². The van der Waals surface area contributed by atoms with Gasteiger partial charge in [-0.15, -0.1) is 0 Å². The average molecular weight is 496 g/mol. The van der Waals surface area contributed by atoms with E-state index in [4.69, 9.17) is 9.47 Å². The largest absolute Gasteiger partial charge is 0.507 e. The number of nitrogens with one attached hydrogen (secondary N) is 2. The van der Waals surface area contributed by atoms with Crippen LogP contribution in [0.5, 0.6) is 5.75 Å². The Hall–Kier alpha value is -3.23. The molecule has 0 radical (unpaired) electrons. The number of quaternary nitrogens is 1. The molecular formula is C28H37N3O5+2. The number of H-pyrrole nitrogens is 1. The second-order valence-electron chi connectivity index (χ2n) is 9.98. The number of ketones is 1. The number of carbonyl (C=O) groups is 2. The minimum absolute atomic E-state index is 0.125. The molecule has 3 heterocycles. The minimum Gasteiger partial charge on any atom is -0.507 e. The number of benzene rings is 1. The van der Waals surface area contributed by atoms with Crippen molar-refractivity contribution in [3.8, 4) is 5.75 Å². The van der Waals surface area contributed by atoms with Crippen LogP contribution in [0.15, 0.2) is 48.3 Å². The molecule has 192 valence electrons. The molecule has 1 atom stereocenters. The predicted octanol–water partition coefficient (Wildman–Crippen LogP) is 1.57. The predicted molar refractivity (Wildman–Crippen MR) is 135 cm³/mol. The fraction of sp³-hybridized carbons (Fsp3) is 0.464. The van der Waals surface area contributed by atoms with Gasteiger partial charge in [-0.2, -0.15) is 0 Å². The first-order chi connectivity index (χ1) is 17.4. The summed E-state index contributed by atoms with van der Waals surface area (Å²) in [5.74, 6) is -0.254. The van der Waals surface area contributed by atoms with E-state index < -0.39 is 17.7 Å². The molecule has 0 aliphatic carbocycles. The van der Waals surface area contributed by atoms with E-state index in [1.54, 1.807) is 35.5 Å².